The zero-order valence-corrected chi connectivity index (χ0v) is 20.7. The van der Waals surface area contributed by atoms with Crippen molar-refractivity contribution < 1.29 is 13.2 Å². The molecule has 8 heteroatoms. The van der Waals surface area contributed by atoms with Gasteiger partial charge in [-0.25, -0.2) is 13.4 Å². The van der Waals surface area contributed by atoms with Crippen LogP contribution in [0.2, 0.25) is 0 Å². The Morgan fingerprint density at radius 3 is 2.48 bits per heavy atom. The molecule has 1 spiro atoms. The van der Waals surface area contributed by atoms with Crippen LogP contribution in [0.1, 0.15) is 45.4 Å². The molecule has 1 aliphatic heterocycles. The SMILES string of the molecule is CCNC(=NCCOc1ccc(S(C)(=O)=O)cc1)N1CCC2(CCCCC2)C1.I. The van der Waals surface area contributed by atoms with Gasteiger partial charge in [-0.2, -0.15) is 0 Å². The number of guanidine groups is 1. The van der Waals surface area contributed by atoms with Crippen molar-refractivity contribution in [1.82, 2.24) is 10.2 Å². The zero-order chi connectivity index (χ0) is 20.0. The Labute approximate surface area is 192 Å². The second-order valence-corrected chi connectivity index (χ2v) is 10.1. The van der Waals surface area contributed by atoms with Crippen molar-refractivity contribution in [2.24, 2.45) is 10.4 Å². The van der Waals surface area contributed by atoms with Crippen LogP contribution in [0.15, 0.2) is 34.2 Å². The predicted molar refractivity (Wildman–Crippen MR) is 128 cm³/mol. The topological polar surface area (TPSA) is 71.0 Å². The summed E-state index contributed by atoms with van der Waals surface area (Å²) in [6.07, 6.45) is 9.32. The Kier molecular flexibility index (Phi) is 9.06. The first-order valence-electron chi connectivity index (χ1n) is 10.4. The Balaban J connectivity index is 0.00000300. The third-order valence-corrected chi connectivity index (χ3v) is 6.99. The van der Waals surface area contributed by atoms with Crippen molar-refractivity contribution in [1.29, 1.82) is 0 Å². The maximum atomic E-state index is 11.5. The lowest BCUT2D eigenvalue weighted by molar-refractivity contribution is 0.203. The Hall–Kier alpha value is -1.03. The van der Waals surface area contributed by atoms with Crippen LogP contribution in [0.25, 0.3) is 0 Å². The molecule has 1 aromatic carbocycles. The second-order valence-electron chi connectivity index (χ2n) is 8.06. The van der Waals surface area contributed by atoms with E-state index in [2.05, 4.69) is 17.1 Å². The number of aliphatic imine (C=N–C) groups is 1. The van der Waals surface area contributed by atoms with Gasteiger partial charge in [-0.3, -0.25) is 0 Å². The van der Waals surface area contributed by atoms with Gasteiger partial charge >= 0.3 is 0 Å². The maximum Gasteiger partial charge on any atom is 0.194 e. The van der Waals surface area contributed by atoms with Gasteiger partial charge in [-0.05, 0) is 55.9 Å². The number of rotatable bonds is 6. The average Bonchev–Trinajstić information content (AvgIpc) is 3.07. The van der Waals surface area contributed by atoms with Crippen LogP contribution in [0, 0.1) is 5.41 Å². The quantitative estimate of drug-likeness (QED) is 0.260. The van der Waals surface area contributed by atoms with E-state index in [-0.39, 0.29) is 24.0 Å². The van der Waals surface area contributed by atoms with Crippen LogP contribution < -0.4 is 10.1 Å². The summed E-state index contributed by atoms with van der Waals surface area (Å²) < 4.78 is 28.7. The Bertz CT molecular complexity index is 775. The van der Waals surface area contributed by atoms with Gasteiger partial charge < -0.3 is 15.0 Å². The maximum absolute atomic E-state index is 11.5. The highest BCUT2D eigenvalue weighted by Crippen LogP contribution is 2.43. The van der Waals surface area contributed by atoms with Gasteiger partial charge in [-0.15, -0.1) is 24.0 Å². The summed E-state index contributed by atoms with van der Waals surface area (Å²) in [5.41, 5.74) is 0.506. The van der Waals surface area contributed by atoms with Crippen LogP contribution in [-0.4, -0.2) is 58.3 Å². The summed E-state index contributed by atoms with van der Waals surface area (Å²) >= 11 is 0. The molecule has 1 aliphatic carbocycles. The van der Waals surface area contributed by atoms with E-state index >= 15 is 0 Å². The summed E-state index contributed by atoms with van der Waals surface area (Å²) in [7, 11) is -3.17. The molecule has 1 saturated heterocycles. The average molecular weight is 535 g/mol. The minimum Gasteiger partial charge on any atom is -0.492 e. The minimum absolute atomic E-state index is 0. The molecule has 6 nitrogen and oxygen atoms in total. The van der Waals surface area contributed by atoms with Crippen molar-refractivity contribution in [3.63, 3.8) is 0 Å². The fourth-order valence-corrected chi connectivity index (χ4v) is 4.98. The molecular weight excluding hydrogens is 501 g/mol. The molecule has 164 valence electrons. The first kappa shape index (κ1) is 24.2. The number of hydrogen-bond donors (Lipinski definition) is 1. The molecule has 1 saturated carbocycles. The van der Waals surface area contributed by atoms with E-state index in [4.69, 9.17) is 9.73 Å². The summed E-state index contributed by atoms with van der Waals surface area (Å²) in [4.78, 5) is 7.47. The highest BCUT2D eigenvalue weighted by atomic mass is 127. The molecule has 0 atom stereocenters. The summed E-state index contributed by atoms with van der Waals surface area (Å²) in [5.74, 6) is 1.65. The number of benzene rings is 1. The van der Waals surface area contributed by atoms with E-state index in [9.17, 15) is 8.42 Å². The van der Waals surface area contributed by atoms with Gasteiger partial charge in [0.1, 0.15) is 12.4 Å². The summed E-state index contributed by atoms with van der Waals surface area (Å²) in [6, 6.07) is 6.54. The Morgan fingerprint density at radius 1 is 1.17 bits per heavy atom. The third-order valence-electron chi connectivity index (χ3n) is 5.86. The lowest BCUT2D eigenvalue weighted by Crippen LogP contribution is -2.41. The lowest BCUT2D eigenvalue weighted by Gasteiger charge is -2.33. The van der Waals surface area contributed by atoms with E-state index in [1.165, 1.54) is 44.8 Å². The van der Waals surface area contributed by atoms with E-state index < -0.39 is 9.84 Å². The normalized spacial score (nSPS) is 19.1. The van der Waals surface area contributed by atoms with Crippen molar-refractivity contribution in [2.75, 3.05) is 39.0 Å². The lowest BCUT2D eigenvalue weighted by atomic mass is 9.73. The fraction of sp³-hybridized carbons (Fsp3) is 0.667. The molecule has 2 fully saturated rings. The Morgan fingerprint density at radius 2 is 1.86 bits per heavy atom. The fourth-order valence-electron chi connectivity index (χ4n) is 4.35. The smallest absolute Gasteiger partial charge is 0.194 e. The summed E-state index contributed by atoms with van der Waals surface area (Å²) in [5, 5.41) is 3.42. The van der Waals surface area contributed by atoms with Crippen LogP contribution in [-0.2, 0) is 9.84 Å². The number of likely N-dealkylation sites (tertiary alicyclic amines) is 1. The number of sulfone groups is 1. The number of halogens is 1. The second kappa shape index (κ2) is 10.8. The predicted octanol–water partition coefficient (Wildman–Crippen LogP) is 3.71. The van der Waals surface area contributed by atoms with Gasteiger partial charge in [0.2, 0.25) is 0 Å². The molecule has 0 aromatic heterocycles. The van der Waals surface area contributed by atoms with Gasteiger partial charge in [0, 0.05) is 25.9 Å². The molecule has 0 unspecified atom stereocenters. The molecule has 29 heavy (non-hydrogen) atoms. The molecule has 2 aliphatic rings. The first-order valence-corrected chi connectivity index (χ1v) is 12.3. The molecule has 3 rings (SSSR count). The number of ether oxygens (including phenoxy) is 1. The molecule has 0 radical (unpaired) electrons. The summed E-state index contributed by atoms with van der Waals surface area (Å²) in [6.45, 7) is 6.19. The molecule has 0 bridgehead atoms. The van der Waals surface area contributed by atoms with E-state index in [0.717, 1.165) is 25.6 Å². The van der Waals surface area contributed by atoms with Crippen LogP contribution >= 0.6 is 24.0 Å². The van der Waals surface area contributed by atoms with E-state index in [1.54, 1.807) is 24.3 Å². The van der Waals surface area contributed by atoms with Crippen LogP contribution in [0.4, 0.5) is 0 Å². The van der Waals surface area contributed by atoms with Crippen molar-refractivity contribution >= 4 is 39.8 Å². The van der Waals surface area contributed by atoms with Gasteiger partial charge in [0.05, 0.1) is 11.4 Å². The van der Waals surface area contributed by atoms with Crippen molar-refractivity contribution in [3.05, 3.63) is 24.3 Å². The van der Waals surface area contributed by atoms with Crippen molar-refractivity contribution in [2.45, 2.75) is 50.3 Å². The molecule has 0 amide bonds. The van der Waals surface area contributed by atoms with Crippen molar-refractivity contribution in [3.8, 4) is 5.75 Å². The molecular formula is C21H34IN3O3S. The molecule has 1 heterocycles. The van der Waals surface area contributed by atoms with Crippen LogP contribution in [0.3, 0.4) is 0 Å². The standard InChI is InChI=1S/C21H33N3O3S.HI/c1-3-22-20(24-15-13-21(17-24)11-5-4-6-12-21)23-14-16-27-18-7-9-19(10-8-18)28(2,25)26;/h7-10H,3-6,11-17H2,1-2H3,(H,22,23);1H. The van der Waals surface area contributed by atoms with E-state index in [1.807, 2.05) is 0 Å². The number of nitrogens with one attached hydrogen (secondary N) is 1. The number of hydrogen-bond acceptors (Lipinski definition) is 4. The van der Waals surface area contributed by atoms with Gasteiger partial charge in [0.25, 0.3) is 0 Å². The highest BCUT2D eigenvalue weighted by molar-refractivity contribution is 14.0. The van der Waals surface area contributed by atoms with E-state index in [0.29, 0.717) is 29.2 Å². The monoisotopic (exact) mass is 535 g/mol. The molecule has 1 aromatic rings. The largest absolute Gasteiger partial charge is 0.492 e. The third kappa shape index (κ3) is 6.73. The minimum atomic E-state index is -3.17. The highest BCUT2D eigenvalue weighted by Gasteiger charge is 2.39. The zero-order valence-electron chi connectivity index (χ0n) is 17.5. The molecule has 1 N–H and O–H groups in total. The van der Waals surface area contributed by atoms with Crippen LogP contribution in [0.5, 0.6) is 5.75 Å². The number of nitrogens with zero attached hydrogens (tertiary/aromatic N) is 2. The first-order chi connectivity index (χ1) is 13.4. The van der Waals surface area contributed by atoms with Gasteiger partial charge in [0.15, 0.2) is 15.8 Å². The van der Waals surface area contributed by atoms with Gasteiger partial charge in [-0.1, -0.05) is 19.3 Å².